The van der Waals surface area contributed by atoms with Gasteiger partial charge in [0.15, 0.2) is 5.65 Å². The first-order valence-electron chi connectivity index (χ1n) is 9.28. The molecule has 1 fully saturated rings. The van der Waals surface area contributed by atoms with Crippen LogP contribution in [0.25, 0.3) is 16.6 Å². The van der Waals surface area contributed by atoms with Gasteiger partial charge in [-0.1, -0.05) is 0 Å². The lowest BCUT2D eigenvalue weighted by atomic mass is 10.1. The van der Waals surface area contributed by atoms with Gasteiger partial charge >= 0.3 is 0 Å². The fraction of sp³-hybridized carbons (Fsp3) is 0.316. The Morgan fingerprint density at radius 2 is 1.75 bits per heavy atom. The van der Waals surface area contributed by atoms with Crippen molar-refractivity contribution in [2.45, 2.75) is 0 Å². The second kappa shape index (κ2) is 6.59. The van der Waals surface area contributed by atoms with Gasteiger partial charge in [0, 0.05) is 51.3 Å². The highest BCUT2D eigenvalue weighted by Crippen LogP contribution is 2.27. The summed E-state index contributed by atoms with van der Waals surface area (Å²) in [5.41, 5.74) is 2.93. The normalized spacial score (nSPS) is 14.8. The first-order chi connectivity index (χ1) is 13.7. The second-order valence-electron chi connectivity index (χ2n) is 7.09. The summed E-state index contributed by atoms with van der Waals surface area (Å²) in [6.45, 7) is 3.67. The summed E-state index contributed by atoms with van der Waals surface area (Å²) in [5.74, 6) is 1.89. The summed E-state index contributed by atoms with van der Waals surface area (Å²) in [6.07, 6.45) is 3.25. The molecule has 4 heterocycles. The smallest absolute Gasteiger partial charge is 0.177 e. The number of nitrogens with zero attached hydrogens (tertiary/aromatic N) is 9. The molecule has 3 aromatic heterocycles. The molecule has 0 N–H and O–H groups in total. The van der Waals surface area contributed by atoms with Crippen LogP contribution in [0.5, 0.6) is 0 Å². The zero-order chi connectivity index (χ0) is 19.1. The molecule has 0 saturated carbocycles. The van der Waals surface area contributed by atoms with Gasteiger partial charge in [-0.3, -0.25) is 0 Å². The fourth-order valence-electron chi connectivity index (χ4n) is 3.66. The number of hydrogen-bond acceptors (Lipinski definition) is 8. The van der Waals surface area contributed by atoms with Crippen molar-refractivity contribution in [3.63, 3.8) is 0 Å². The molecule has 0 amide bonds. The van der Waals surface area contributed by atoms with Crippen LogP contribution in [0.4, 0.5) is 17.3 Å². The number of fused-ring (bicyclic) bond motifs is 2. The molecule has 4 aromatic rings. The zero-order valence-corrected chi connectivity index (χ0v) is 15.9. The number of benzene rings is 1. The van der Waals surface area contributed by atoms with Crippen LogP contribution in [0.15, 0.2) is 43.0 Å². The highest BCUT2D eigenvalue weighted by molar-refractivity contribution is 5.91. The summed E-state index contributed by atoms with van der Waals surface area (Å²) in [4.78, 5) is 15.6. The Bertz CT molecular complexity index is 1130. The quantitative estimate of drug-likeness (QED) is 0.533. The SMILES string of the molecule is CN(C)c1ncnc2ccc(N3CCN(c4ccc5nncn5n4)CC3)cc12. The summed E-state index contributed by atoms with van der Waals surface area (Å²) in [6, 6.07) is 10.4. The largest absolute Gasteiger partial charge is 0.368 e. The van der Waals surface area contributed by atoms with Crippen molar-refractivity contribution in [3.8, 4) is 0 Å². The maximum atomic E-state index is 4.61. The first kappa shape index (κ1) is 16.7. The number of aromatic nitrogens is 6. The van der Waals surface area contributed by atoms with E-state index in [2.05, 4.69) is 53.3 Å². The number of piperazine rings is 1. The molecule has 1 aliphatic heterocycles. The van der Waals surface area contributed by atoms with Crippen LogP contribution in [0.2, 0.25) is 0 Å². The molecule has 1 saturated heterocycles. The third-order valence-corrected chi connectivity index (χ3v) is 5.14. The molecule has 9 nitrogen and oxygen atoms in total. The van der Waals surface area contributed by atoms with Gasteiger partial charge in [0.05, 0.1) is 5.52 Å². The van der Waals surface area contributed by atoms with Crippen molar-refractivity contribution in [1.82, 2.24) is 29.8 Å². The van der Waals surface area contributed by atoms with Gasteiger partial charge in [-0.25, -0.2) is 9.97 Å². The third-order valence-electron chi connectivity index (χ3n) is 5.14. The molecule has 28 heavy (non-hydrogen) atoms. The van der Waals surface area contributed by atoms with E-state index in [0.29, 0.717) is 0 Å². The molecule has 0 spiro atoms. The minimum absolute atomic E-state index is 0.762. The number of rotatable bonds is 3. The molecule has 0 radical (unpaired) electrons. The molecule has 0 atom stereocenters. The van der Waals surface area contributed by atoms with Crippen LogP contribution < -0.4 is 14.7 Å². The molecule has 1 aromatic carbocycles. The molecule has 142 valence electrons. The van der Waals surface area contributed by atoms with Crippen LogP contribution in [0, 0.1) is 0 Å². The van der Waals surface area contributed by atoms with E-state index in [0.717, 1.165) is 54.4 Å². The Morgan fingerprint density at radius 1 is 0.929 bits per heavy atom. The average molecular weight is 375 g/mol. The van der Waals surface area contributed by atoms with Crippen molar-refractivity contribution >= 4 is 33.9 Å². The topological polar surface area (TPSA) is 78.6 Å². The second-order valence-corrected chi connectivity index (χ2v) is 7.09. The van der Waals surface area contributed by atoms with Gasteiger partial charge in [-0.15, -0.1) is 15.3 Å². The molecule has 0 bridgehead atoms. The molecule has 1 aliphatic rings. The van der Waals surface area contributed by atoms with E-state index in [9.17, 15) is 0 Å². The maximum absolute atomic E-state index is 4.61. The average Bonchev–Trinajstić information content (AvgIpc) is 3.21. The maximum Gasteiger partial charge on any atom is 0.177 e. The third kappa shape index (κ3) is 2.84. The van der Waals surface area contributed by atoms with Crippen molar-refractivity contribution in [2.75, 3.05) is 55.0 Å². The van der Waals surface area contributed by atoms with Crippen LogP contribution in [-0.2, 0) is 0 Å². The molecule has 0 unspecified atom stereocenters. The number of hydrogen-bond donors (Lipinski definition) is 0. The van der Waals surface area contributed by atoms with Crippen LogP contribution in [0.1, 0.15) is 0 Å². The van der Waals surface area contributed by atoms with Gasteiger partial charge in [-0.05, 0) is 30.3 Å². The molecular formula is C19H21N9. The fourth-order valence-corrected chi connectivity index (χ4v) is 3.66. The Morgan fingerprint density at radius 3 is 2.57 bits per heavy atom. The Labute approximate surface area is 162 Å². The van der Waals surface area contributed by atoms with Crippen LogP contribution in [-0.4, -0.2) is 70.1 Å². The predicted molar refractivity (Wildman–Crippen MR) is 109 cm³/mol. The van der Waals surface area contributed by atoms with E-state index in [-0.39, 0.29) is 0 Å². The van der Waals surface area contributed by atoms with Crippen molar-refractivity contribution < 1.29 is 0 Å². The first-order valence-corrected chi connectivity index (χ1v) is 9.28. The Kier molecular flexibility index (Phi) is 3.92. The minimum atomic E-state index is 0.762. The van der Waals surface area contributed by atoms with Gasteiger partial charge in [-0.2, -0.15) is 4.52 Å². The van der Waals surface area contributed by atoms with E-state index in [1.165, 1.54) is 5.69 Å². The molecule has 0 aliphatic carbocycles. The molecule has 5 rings (SSSR count). The summed E-state index contributed by atoms with van der Waals surface area (Å²) < 4.78 is 1.72. The van der Waals surface area contributed by atoms with Crippen molar-refractivity contribution in [2.24, 2.45) is 0 Å². The highest BCUT2D eigenvalue weighted by atomic mass is 15.4. The van der Waals surface area contributed by atoms with E-state index in [1.54, 1.807) is 17.2 Å². The molecule has 9 heteroatoms. The number of anilines is 3. The van der Waals surface area contributed by atoms with E-state index < -0.39 is 0 Å². The lowest BCUT2D eigenvalue weighted by molar-refractivity contribution is 0.642. The van der Waals surface area contributed by atoms with E-state index >= 15 is 0 Å². The van der Waals surface area contributed by atoms with E-state index in [4.69, 9.17) is 0 Å². The summed E-state index contributed by atoms with van der Waals surface area (Å²) in [7, 11) is 4.01. The highest BCUT2D eigenvalue weighted by Gasteiger charge is 2.20. The van der Waals surface area contributed by atoms with Crippen LogP contribution >= 0.6 is 0 Å². The van der Waals surface area contributed by atoms with Gasteiger partial charge < -0.3 is 14.7 Å². The monoisotopic (exact) mass is 375 g/mol. The van der Waals surface area contributed by atoms with Crippen LogP contribution in [0.3, 0.4) is 0 Å². The Hall–Kier alpha value is -3.49. The molecular weight excluding hydrogens is 354 g/mol. The van der Waals surface area contributed by atoms with Crippen molar-refractivity contribution in [1.29, 1.82) is 0 Å². The summed E-state index contributed by atoms with van der Waals surface area (Å²) in [5, 5.41) is 13.6. The Balaban J connectivity index is 1.37. The summed E-state index contributed by atoms with van der Waals surface area (Å²) >= 11 is 0. The van der Waals surface area contributed by atoms with E-state index in [1.807, 2.05) is 31.1 Å². The predicted octanol–water partition coefficient (Wildman–Crippen LogP) is 1.46. The minimum Gasteiger partial charge on any atom is -0.368 e. The van der Waals surface area contributed by atoms with Gasteiger partial charge in [0.2, 0.25) is 0 Å². The van der Waals surface area contributed by atoms with Gasteiger partial charge in [0.25, 0.3) is 0 Å². The zero-order valence-electron chi connectivity index (χ0n) is 15.9. The van der Waals surface area contributed by atoms with Crippen molar-refractivity contribution in [3.05, 3.63) is 43.0 Å². The lowest BCUT2D eigenvalue weighted by Crippen LogP contribution is -2.47. The lowest BCUT2D eigenvalue weighted by Gasteiger charge is -2.36. The standard InChI is InChI=1S/C19H21N9/c1-25(2)19-15-11-14(3-4-16(15)20-12-21-19)26-7-9-27(10-8-26)18-6-5-17-23-22-13-28(17)24-18/h3-6,11-13H,7-10H2,1-2H3. The van der Waals surface area contributed by atoms with Gasteiger partial charge in [0.1, 0.15) is 24.3 Å².